The van der Waals surface area contributed by atoms with Crippen molar-refractivity contribution in [1.82, 2.24) is 0 Å². The molecule has 0 spiro atoms. The molecule has 0 unspecified atom stereocenters. The van der Waals surface area contributed by atoms with Crippen LogP contribution in [0.15, 0.2) is 54.6 Å². The highest BCUT2D eigenvalue weighted by Crippen LogP contribution is 2.34. The number of hydrogen-bond acceptors (Lipinski definition) is 3. The van der Waals surface area contributed by atoms with Crippen molar-refractivity contribution >= 4 is 5.69 Å². The molecule has 0 bridgehead atoms. The monoisotopic (exact) mass is 269 g/mol. The lowest BCUT2D eigenvalue weighted by Gasteiger charge is -2.39. The smallest absolute Gasteiger partial charge is 0.115 e. The zero-order chi connectivity index (χ0) is 14.0. The van der Waals surface area contributed by atoms with Gasteiger partial charge in [-0.25, -0.2) is 0 Å². The molecule has 1 saturated heterocycles. The molecular weight excluding hydrogens is 250 g/mol. The van der Waals surface area contributed by atoms with Crippen LogP contribution in [0.1, 0.15) is 18.4 Å². The van der Waals surface area contributed by atoms with Crippen LogP contribution in [0.25, 0.3) is 0 Å². The molecule has 1 fully saturated rings. The van der Waals surface area contributed by atoms with Gasteiger partial charge in [-0.05, 0) is 42.7 Å². The minimum Gasteiger partial charge on any atom is -0.508 e. The minimum absolute atomic E-state index is 0.284. The molecule has 0 radical (unpaired) electrons. The van der Waals surface area contributed by atoms with Gasteiger partial charge in [0.1, 0.15) is 5.75 Å². The molecule has 2 aromatic rings. The third-order valence-corrected chi connectivity index (χ3v) is 4.12. The highest BCUT2D eigenvalue weighted by Gasteiger charge is 2.33. The Labute approximate surface area is 119 Å². The van der Waals surface area contributed by atoms with Gasteiger partial charge in [0.25, 0.3) is 0 Å². The summed E-state index contributed by atoms with van der Waals surface area (Å²) in [7, 11) is 0. The van der Waals surface area contributed by atoms with E-state index in [1.807, 2.05) is 42.5 Å². The lowest BCUT2D eigenvalue weighted by molar-refractivity contribution is 0.0118. The van der Waals surface area contributed by atoms with Gasteiger partial charge in [0, 0.05) is 18.8 Å². The number of piperidine rings is 1. The fourth-order valence-corrected chi connectivity index (χ4v) is 2.84. The second-order valence-electron chi connectivity index (χ2n) is 5.40. The molecule has 0 amide bonds. The minimum atomic E-state index is -0.714. The van der Waals surface area contributed by atoms with Crippen molar-refractivity contribution in [2.24, 2.45) is 0 Å². The van der Waals surface area contributed by atoms with E-state index in [9.17, 15) is 10.2 Å². The molecule has 1 aliphatic rings. The van der Waals surface area contributed by atoms with Gasteiger partial charge < -0.3 is 15.1 Å². The molecule has 2 aromatic carbocycles. The summed E-state index contributed by atoms with van der Waals surface area (Å²) in [5, 5.41) is 20.1. The first-order valence-electron chi connectivity index (χ1n) is 6.99. The molecule has 0 atom stereocenters. The average molecular weight is 269 g/mol. The fourth-order valence-electron chi connectivity index (χ4n) is 2.84. The van der Waals surface area contributed by atoms with Crippen molar-refractivity contribution in [2.45, 2.75) is 18.4 Å². The predicted octanol–water partition coefficient (Wildman–Crippen LogP) is 2.88. The summed E-state index contributed by atoms with van der Waals surface area (Å²) >= 11 is 0. The standard InChI is InChI=1S/C17H19NO2/c19-16-8-6-15(7-9-16)18-12-10-17(20,11-13-18)14-4-2-1-3-5-14/h1-9,19-20H,10-13H2. The Morgan fingerprint density at radius 1 is 0.850 bits per heavy atom. The van der Waals surface area contributed by atoms with Crippen molar-refractivity contribution < 1.29 is 10.2 Å². The van der Waals surface area contributed by atoms with E-state index >= 15 is 0 Å². The summed E-state index contributed by atoms with van der Waals surface area (Å²) < 4.78 is 0. The lowest BCUT2D eigenvalue weighted by Crippen LogP contribution is -2.42. The second-order valence-corrected chi connectivity index (χ2v) is 5.40. The molecular formula is C17H19NO2. The van der Waals surface area contributed by atoms with E-state index in [4.69, 9.17) is 0 Å². The molecule has 104 valence electrons. The number of phenols is 1. The molecule has 0 saturated carbocycles. The zero-order valence-corrected chi connectivity index (χ0v) is 11.4. The van der Waals surface area contributed by atoms with E-state index < -0.39 is 5.60 Å². The van der Waals surface area contributed by atoms with Gasteiger partial charge in [-0.1, -0.05) is 30.3 Å². The summed E-state index contributed by atoms with van der Waals surface area (Å²) in [5.41, 5.74) is 1.39. The molecule has 0 aromatic heterocycles. The van der Waals surface area contributed by atoms with Gasteiger partial charge in [0.05, 0.1) is 5.60 Å². The van der Waals surface area contributed by atoms with Crippen LogP contribution < -0.4 is 4.90 Å². The Bertz CT molecular complexity index is 557. The van der Waals surface area contributed by atoms with Crippen LogP contribution in [-0.4, -0.2) is 23.3 Å². The molecule has 0 aliphatic carbocycles. The number of anilines is 1. The highest BCUT2D eigenvalue weighted by molar-refractivity contribution is 5.49. The summed E-state index contributed by atoms with van der Waals surface area (Å²) in [4.78, 5) is 2.25. The Balaban J connectivity index is 1.72. The first-order chi connectivity index (χ1) is 9.67. The van der Waals surface area contributed by atoms with Crippen LogP contribution in [0.3, 0.4) is 0 Å². The Morgan fingerprint density at radius 2 is 1.45 bits per heavy atom. The first-order valence-corrected chi connectivity index (χ1v) is 6.99. The van der Waals surface area contributed by atoms with Crippen LogP contribution in [0.2, 0.25) is 0 Å². The average Bonchev–Trinajstić information content (AvgIpc) is 2.50. The Morgan fingerprint density at radius 3 is 2.05 bits per heavy atom. The van der Waals surface area contributed by atoms with Crippen LogP contribution >= 0.6 is 0 Å². The summed E-state index contributed by atoms with van der Waals surface area (Å²) in [6.45, 7) is 1.63. The predicted molar refractivity (Wildman–Crippen MR) is 79.9 cm³/mol. The molecule has 2 N–H and O–H groups in total. The van der Waals surface area contributed by atoms with Gasteiger partial charge in [-0.3, -0.25) is 0 Å². The van der Waals surface area contributed by atoms with Gasteiger partial charge in [-0.15, -0.1) is 0 Å². The van der Waals surface area contributed by atoms with E-state index in [-0.39, 0.29) is 5.75 Å². The zero-order valence-electron chi connectivity index (χ0n) is 11.4. The fraction of sp³-hybridized carbons (Fsp3) is 0.294. The largest absolute Gasteiger partial charge is 0.508 e. The summed E-state index contributed by atoms with van der Waals surface area (Å²) in [6, 6.07) is 17.1. The van der Waals surface area contributed by atoms with E-state index in [0.717, 1.165) is 37.2 Å². The molecule has 3 heteroatoms. The van der Waals surface area contributed by atoms with E-state index in [2.05, 4.69) is 4.90 Å². The van der Waals surface area contributed by atoms with E-state index in [0.29, 0.717) is 0 Å². The van der Waals surface area contributed by atoms with Crippen molar-refractivity contribution in [2.75, 3.05) is 18.0 Å². The topological polar surface area (TPSA) is 43.7 Å². The maximum Gasteiger partial charge on any atom is 0.115 e. The van der Waals surface area contributed by atoms with E-state index in [1.54, 1.807) is 12.1 Å². The lowest BCUT2D eigenvalue weighted by atomic mass is 9.84. The van der Waals surface area contributed by atoms with E-state index in [1.165, 1.54) is 0 Å². The van der Waals surface area contributed by atoms with Crippen LogP contribution in [0, 0.1) is 0 Å². The number of rotatable bonds is 2. The normalized spacial score (nSPS) is 17.9. The molecule has 20 heavy (non-hydrogen) atoms. The molecule has 1 heterocycles. The number of aromatic hydroxyl groups is 1. The number of benzene rings is 2. The second kappa shape index (κ2) is 5.17. The van der Waals surface area contributed by atoms with Crippen molar-refractivity contribution in [3.8, 4) is 5.75 Å². The van der Waals surface area contributed by atoms with Gasteiger partial charge in [0.2, 0.25) is 0 Å². The summed E-state index contributed by atoms with van der Waals surface area (Å²) in [6.07, 6.45) is 1.44. The highest BCUT2D eigenvalue weighted by atomic mass is 16.3. The Kier molecular flexibility index (Phi) is 3.36. The third kappa shape index (κ3) is 2.49. The van der Waals surface area contributed by atoms with Crippen molar-refractivity contribution in [3.05, 3.63) is 60.2 Å². The SMILES string of the molecule is Oc1ccc(N2CCC(O)(c3ccccc3)CC2)cc1. The van der Waals surface area contributed by atoms with Gasteiger partial charge >= 0.3 is 0 Å². The van der Waals surface area contributed by atoms with Crippen molar-refractivity contribution in [1.29, 1.82) is 0 Å². The van der Waals surface area contributed by atoms with Crippen LogP contribution in [0.5, 0.6) is 5.75 Å². The van der Waals surface area contributed by atoms with Crippen LogP contribution in [0.4, 0.5) is 5.69 Å². The third-order valence-electron chi connectivity index (χ3n) is 4.12. The quantitative estimate of drug-likeness (QED) is 0.881. The van der Waals surface area contributed by atoms with Gasteiger partial charge in [0.15, 0.2) is 0 Å². The van der Waals surface area contributed by atoms with Crippen molar-refractivity contribution in [3.63, 3.8) is 0 Å². The number of hydrogen-bond donors (Lipinski definition) is 2. The van der Waals surface area contributed by atoms with Gasteiger partial charge in [-0.2, -0.15) is 0 Å². The first kappa shape index (κ1) is 13.0. The maximum absolute atomic E-state index is 10.8. The molecule has 3 rings (SSSR count). The Hall–Kier alpha value is -2.00. The summed E-state index contributed by atoms with van der Waals surface area (Å²) in [5.74, 6) is 0.284. The number of aliphatic hydroxyl groups is 1. The maximum atomic E-state index is 10.8. The number of nitrogens with zero attached hydrogens (tertiary/aromatic N) is 1. The van der Waals surface area contributed by atoms with Crippen LogP contribution in [-0.2, 0) is 5.60 Å². The molecule has 1 aliphatic heterocycles. The number of phenolic OH excluding ortho intramolecular Hbond substituents is 1. The molecule has 3 nitrogen and oxygen atoms in total.